The second-order valence-corrected chi connectivity index (χ2v) is 4.57. The largest absolute Gasteiger partial charge is 0.491 e. The highest BCUT2D eigenvalue weighted by molar-refractivity contribution is 5.39. The first-order chi connectivity index (χ1) is 9.90. The number of nitrogens with zero attached hydrogens (tertiary/aromatic N) is 4. The highest BCUT2D eigenvalue weighted by atomic mass is 16.5. The molecule has 0 saturated heterocycles. The van der Waals surface area contributed by atoms with Crippen molar-refractivity contribution in [1.82, 2.24) is 25.5 Å². The Balaban J connectivity index is 1.74. The van der Waals surface area contributed by atoms with E-state index >= 15 is 0 Å². The molecule has 0 aliphatic carbocycles. The van der Waals surface area contributed by atoms with Crippen molar-refractivity contribution in [3.8, 4) is 5.75 Å². The van der Waals surface area contributed by atoms with Gasteiger partial charge >= 0.3 is 0 Å². The minimum absolute atomic E-state index is 0.0421. The van der Waals surface area contributed by atoms with Crippen molar-refractivity contribution in [2.45, 2.75) is 12.6 Å². The molecule has 1 unspecified atom stereocenters. The van der Waals surface area contributed by atoms with Crippen molar-refractivity contribution in [2.24, 2.45) is 0 Å². The molecule has 1 aliphatic rings. The summed E-state index contributed by atoms with van der Waals surface area (Å²) < 4.78 is 12.5. The van der Waals surface area contributed by atoms with Gasteiger partial charge < -0.3 is 14.8 Å². The number of tetrazole rings is 1. The molecular formula is C13H17N5O2. The number of aromatic nitrogens is 4. The van der Waals surface area contributed by atoms with E-state index in [0.29, 0.717) is 19.8 Å². The maximum absolute atomic E-state index is 5.68. The third-order valence-electron chi connectivity index (χ3n) is 3.30. The lowest BCUT2D eigenvalue weighted by molar-refractivity contribution is 0.198. The third kappa shape index (κ3) is 2.50. The lowest BCUT2D eigenvalue weighted by atomic mass is 10.1. The van der Waals surface area contributed by atoms with Crippen LogP contribution in [0.25, 0.3) is 0 Å². The summed E-state index contributed by atoms with van der Waals surface area (Å²) in [6.45, 7) is 2.60. The average molecular weight is 275 g/mol. The molecule has 2 heterocycles. The van der Waals surface area contributed by atoms with E-state index in [2.05, 4.69) is 26.9 Å². The van der Waals surface area contributed by atoms with E-state index in [1.807, 2.05) is 22.9 Å². The zero-order valence-electron chi connectivity index (χ0n) is 11.3. The Morgan fingerprint density at radius 3 is 3.25 bits per heavy atom. The lowest BCUT2D eigenvalue weighted by Crippen LogP contribution is -2.24. The van der Waals surface area contributed by atoms with Crippen molar-refractivity contribution in [3.63, 3.8) is 0 Å². The predicted octanol–water partition coefficient (Wildman–Crippen LogP) is 0.391. The fraction of sp³-hybridized carbons (Fsp3) is 0.462. The number of nitrogens with one attached hydrogen (secondary N) is 1. The van der Waals surface area contributed by atoms with Gasteiger partial charge in [-0.1, -0.05) is 18.2 Å². The number of ether oxygens (including phenoxy) is 2. The van der Waals surface area contributed by atoms with Crippen LogP contribution < -0.4 is 10.1 Å². The zero-order valence-corrected chi connectivity index (χ0v) is 11.3. The maximum Gasteiger partial charge on any atom is 0.165 e. The summed E-state index contributed by atoms with van der Waals surface area (Å²) in [7, 11) is 1.68. The van der Waals surface area contributed by atoms with Crippen molar-refractivity contribution in [1.29, 1.82) is 0 Å². The Kier molecular flexibility index (Phi) is 3.89. The molecule has 0 radical (unpaired) electrons. The van der Waals surface area contributed by atoms with Gasteiger partial charge in [-0.05, 0) is 16.5 Å². The predicted molar refractivity (Wildman–Crippen MR) is 71.5 cm³/mol. The first-order valence-electron chi connectivity index (χ1n) is 6.58. The summed E-state index contributed by atoms with van der Waals surface area (Å²) in [6.07, 6.45) is 0. The van der Waals surface area contributed by atoms with Crippen LogP contribution >= 0.6 is 0 Å². The molecular weight excluding hydrogens is 258 g/mol. The molecule has 0 spiro atoms. The van der Waals surface area contributed by atoms with E-state index in [4.69, 9.17) is 9.47 Å². The van der Waals surface area contributed by atoms with Crippen LogP contribution in [0.4, 0.5) is 0 Å². The minimum atomic E-state index is 0.0421. The molecule has 0 amide bonds. The fourth-order valence-electron chi connectivity index (χ4n) is 2.29. The molecule has 1 aliphatic heterocycles. The standard InChI is InChI=1S/C13H17N5O2/c1-19-7-6-14-8-13-15-16-17-18(13)11-9-20-12-5-3-2-4-10(11)12/h2-5,11,14H,6-9H2,1H3. The van der Waals surface area contributed by atoms with Crippen LogP contribution in [0.3, 0.4) is 0 Å². The third-order valence-corrected chi connectivity index (χ3v) is 3.30. The smallest absolute Gasteiger partial charge is 0.165 e. The summed E-state index contributed by atoms with van der Waals surface area (Å²) in [5.74, 6) is 1.71. The SMILES string of the molecule is COCCNCc1nnnn1C1COc2ccccc21. The van der Waals surface area contributed by atoms with Gasteiger partial charge in [0.15, 0.2) is 5.82 Å². The molecule has 0 bridgehead atoms. The number of para-hydroxylation sites is 1. The Bertz CT molecular complexity index is 571. The number of rotatable bonds is 6. The molecule has 1 N–H and O–H groups in total. The van der Waals surface area contributed by atoms with E-state index in [1.54, 1.807) is 7.11 Å². The van der Waals surface area contributed by atoms with Crippen LogP contribution in [0.2, 0.25) is 0 Å². The van der Waals surface area contributed by atoms with Crippen LogP contribution in [0.1, 0.15) is 17.4 Å². The number of hydrogen-bond acceptors (Lipinski definition) is 6. The Morgan fingerprint density at radius 2 is 2.35 bits per heavy atom. The molecule has 7 heteroatoms. The number of methoxy groups -OCH3 is 1. The van der Waals surface area contributed by atoms with Gasteiger partial charge in [-0.15, -0.1) is 5.10 Å². The molecule has 20 heavy (non-hydrogen) atoms. The van der Waals surface area contributed by atoms with Crippen LogP contribution in [-0.2, 0) is 11.3 Å². The van der Waals surface area contributed by atoms with Crippen LogP contribution in [0.5, 0.6) is 5.75 Å². The number of benzene rings is 1. The van der Waals surface area contributed by atoms with Gasteiger partial charge in [-0.25, -0.2) is 4.68 Å². The van der Waals surface area contributed by atoms with Gasteiger partial charge in [0.2, 0.25) is 0 Å². The Morgan fingerprint density at radius 1 is 1.45 bits per heavy atom. The van der Waals surface area contributed by atoms with Crippen LogP contribution in [-0.4, -0.2) is 47.1 Å². The van der Waals surface area contributed by atoms with Crippen molar-refractivity contribution in [3.05, 3.63) is 35.7 Å². The summed E-state index contributed by atoms with van der Waals surface area (Å²) in [4.78, 5) is 0. The molecule has 7 nitrogen and oxygen atoms in total. The van der Waals surface area contributed by atoms with Crippen molar-refractivity contribution >= 4 is 0 Å². The van der Waals surface area contributed by atoms with Gasteiger partial charge in [0.1, 0.15) is 18.4 Å². The highest BCUT2D eigenvalue weighted by Crippen LogP contribution is 2.34. The van der Waals surface area contributed by atoms with Crippen molar-refractivity contribution in [2.75, 3.05) is 26.9 Å². The van der Waals surface area contributed by atoms with E-state index in [9.17, 15) is 0 Å². The number of fused-ring (bicyclic) bond motifs is 1. The second-order valence-electron chi connectivity index (χ2n) is 4.57. The van der Waals surface area contributed by atoms with Gasteiger partial charge in [-0.2, -0.15) is 0 Å². The Labute approximate surface area is 116 Å². The van der Waals surface area contributed by atoms with E-state index in [-0.39, 0.29) is 6.04 Å². The van der Waals surface area contributed by atoms with Gasteiger partial charge in [0.05, 0.1) is 13.2 Å². The topological polar surface area (TPSA) is 74.1 Å². The highest BCUT2D eigenvalue weighted by Gasteiger charge is 2.28. The van der Waals surface area contributed by atoms with Crippen LogP contribution in [0, 0.1) is 0 Å². The van der Waals surface area contributed by atoms with E-state index in [0.717, 1.165) is 23.7 Å². The number of hydrogen-bond donors (Lipinski definition) is 1. The fourth-order valence-corrected chi connectivity index (χ4v) is 2.29. The van der Waals surface area contributed by atoms with Crippen molar-refractivity contribution < 1.29 is 9.47 Å². The zero-order chi connectivity index (χ0) is 13.8. The average Bonchev–Trinajstić information content (AvgIpc) is 3.09. The normalized spacial score (nSPS) is 16.9. The summed E-state index contributed by atoms with van der Waals surface area (Å²) >= 11 is 0. The molecule has 1 aromatic heterocycles. The molecule has 106 valence electrons. The molecule has 1 atom stereocenters. The molecule has 1 aromatic carbocycles. The molecule has 3 rings (SSSR count). The first-order valence-corrected chi connectivity index (χ1v) is 6.58. The van der Waals surface area contributed by atoms with Crippen LogP contribution in [0.15, 0.2) is 24.3 Å². The first kappa shape index (κ1) is 13.0. The van der Waals surface area contributed by atoms with Gasteiger partial charge in [0, 0.05) is 19.2 Å². The molecule has 2 aromatic rings. The monoisotopic (exact) mass is 275 g/mol. The minimum Gasteiger partial charge on any atom is -0.491 e. The molecule has 0 fully saturated rings. The molecule has 0 saturated carbocycles. The summed E-state index contributed by atoms with van der Waals surface area (Å²) in [5.41, 5.74) is 1.12. The summed E-state index contributed by atoms with van der Waals surface area (Å²) in [6, 6.07) is 8.03. The quantitative estimate of drug-likeness (QED) is 0.769. The second kappa shape index (κ2) is 5.98. The lowest BCUT2D eigenvalue weighted by Gasteiger charge is -2.11. The van der Waals surface area contributed by atoms with E-state index in [1.165, 1.54) is 0 Å². The maximum atomic E-state index is 5.68. The Hall–Kier alpha value is -1.99. The van der Waals surface area contributed by atoms with Gasteiger partial charge in [0.25, 0.3) is 0 Å². The van der Waals surface area contributed by atoms with Gasteiger partial charge in [-0.3, -0.25) is 0 Å². The van der Waals surface area contributed by atoms with E-state index < -0.39 is 0 Å². The summed E-state index contributed by atoms with van der Waals surface area (Å²) in [5, 5.41) is 15.2.